The lowest BCUT2D eigenvalue weighted by Gasteiger charge is -2.38. The standard InChI is InChI=1S/C20H24N2O4/c23-19(16-4-10-24-12-16)22-8-5-20(6-9-22)11-18(26-15-20)14-25-13-17-3-1-2-7-21-17/h1-4,7,10,12,18H,5-6,8-9,11,13-15H2/t18-/m1/s1. The highest BCUT2D eigenvalue weighted by Gasteiger charge is 2.43. The van der Waals surface area contributed by atoms with Gasteiger partial charge in [0.1, 0.15) is 6.26 Å². The smallest absolute Gasteiger partial charge is 0.257 e. The first kappa shape index (κ1) is 17.2. The molecule has 2 aromatic heterocycles. The molecule has 0 unspecified atom stereocenters. The topological polar surface area (TPSA) is 64.8 Å². The van der Waals surface area contributed by atoms with Gasteiger partial charge in [0, 0.05) is 19.3 Å². The SMILES string of the molecule is O=C(c1ccoc1)N1CCC2(CC1)CO[C@@H](COCc1ccccn1)C2. The molecule has 0 saturated carbocycles. The van der Waals surface area contributed by atoms with Gasteiger partial charge in [0.05, 0.1) is 43.4 Å². The van der Waals surface area contributed by atoms with Crippen LogP contribution in [0.3, 0.4) is 0 Å². The Hall–Kier alpha value is -2.18. The number of likely N-dealkylation sites (tertiary alicyclic amines) is 1. The molecule has 26 heavy (non-hydrogen) atoms. The van der Waals surface area contributed by atoms with Gasteiger partial charge in [-0.2, -0.15) is 0 Å². The molecule has 2 fully saturated rings. The highest BCUT2D eigenvalue weighted by atomic mass is 16.5. The second kappa shape index (κ2) is 7.60. The molecule has 0 aromatic carbocycles. The average molecular weight is 356 g/mol. The van der Waals surface area contributed by atoms with Gasteiger partial charge in [0.2, 0.25) is 0 Å². The van der Waals surface area contributed by atoms with E-state index in [1.807, 2.05) is 23.1 Å². The van der Waals surface area contributed by atoms with Crippen LogP contribution in [0.2, 0.25) is 0 Å². The number of pyridine rings is 1. The van der Waals surface area contributed by atoms with E-state index >= 15 is 0 Å². The maximum atomic E-state index is 12.4. The normalized spacial score (nSPS) is 22.0. The lowest BCUT2D eigenvalue weighted by molar-refractivity contribution is 0.00575. The van der Waals surface area contributed by atoms with Crippen molar-refractivity contribution in [1.29, 1.82) is 0 Å². The largest absolute Gasteiger partial charge is 0.472 e. The van der Waals surface area contributed by atoms with Crippen molar-refractivity contribution in [3.63, 3.8) is 0 Å². The summed E-state index contributed by atoms with van der Waals surface area (Å²) >= 11 is 0. The Balaban J connectivity index is 1.23. The number of ether oxygens (including phenoxy) is 2. The Morgan fingerprint density at radius 2 is 2.19 bits per heavy atom. The van der Waals surface area contributed by atoms with Gasteiger partial charge in [0.15, 0.2) is 0 Å². The second-order valence-corrected chi connectivity index (χ2v) is 7.28. The number of nitrogens with zero attached hydrogens (tertiary/aromatic N) is 2. The van der Waals surface area contributed by atoms with Crippen molar-refractivity contribution >= 4 is 5.91 Å². The predicted octanol–water partition coefficient (Wildman–Crippen LogP) is 2.90. The van der Waals surface area contributed by atoms with E-state index in [2.05, 4.69) is 4.98 Å². The molecule has 0 aliphatic carbocycles. The van der Waals surface area contributed by atoms with E-state index in [0.29, 0.717) is 18.8 Å². The zero-order valence-corrected chi connectivity index (χ0v) is 14.8. The van der Waals surface area contributed by atoms with Crippen molar-refractivity contribution in [1.82, 2.24) is 9.88 Å². The van der Waals surface area contributed by atoms with Gasteiger partial charge >= 0.3 is 0 Å². The molecule has 0 N–H and O–H groups in total. The number of furan rings is 1. The number of piperidine rings is 1. The Kier molecular flexibility index (Phi) is 5.04. The molecule has 1 atom stereocenters. The number of aromatic nitrogens is 1. The van der Waals surface area contributed by atoms with E-state index < -0.39 is 0 Å². The molecule has 2 saturated heterocycles. The molecule has 2 aliphatic rings. The van der Waals surface area contributed by atoms with Crippen LogP contribution in [-0.4, -0.2) is 48.2 Å². The van der Waals surface area contributed by atoms with Crippen LogP contribution in [-0.2, 0) is 16.1 Å². The first-order chi connectivity index (χ1) is 12.7. The third-order valence-corrected chi connectivity index (χ3v) is 5.45. The number of rotatable bonds is 5. The van der Waals surface area contributed by atoms with Gasteiger partial charge in [-0.1, -0.05) is 6.07 Å². The van der Waals surface area contributed by atoms with Crippen molar-refractivity contribution < 1.29 is 18.7 Å². The quantitative estimate of drug-likeness (QED) is 0.824. The zero-order valence-electron chi connectivity index (χ0n) is 14.8. The summed E-state index contributed by atoms with van der Waals surface area (Å²) in [6.45, 7) is 3.42. The lowest BCUT2D eigenvalue weighted by atomic mass is 9.76. The summed E-state index contributed by atoms with van der Waals surface area (Å²) in [4.78, 5) is 18.6. The van der Waals surface area contributed by atoms with E-state index in [-0.39, 0.29) is 17.4 Å². The predicted molar refractivity (Wildman–Crippen MR) is 94.5 cm³/mol. The molecule has 4 heterocycles. The van der Waals surface area contributed by atoms with Crippen molar-refractivity contribution in [2.75, 3.05) is 26.3 Å². The van der Waals surface area contributed by atoms with Crippen LogP contribution in [0.15, 0.2) is 47.4 Å². The van der Waals surface area contributed by atoms with Crippen LogP contribution < -0.4 is 0 Å². The maximum Gasteiger partial charge on any atom is 0.257 e. The van der Waals surface area contributed by atoms with Gasteiger partial charge in [-0.3, -0.25) is 9.78 Å². The highest BCUT2D eigenvalue weighted by Crippen LogP contribution is 2.42. The summed E-state index contributed by atoms with van der Waals surface area (Å²) in [6.07, 6.45) is 7.93. The Morgan fingerprint density at radius 3 is 2.92 bits per heavy atom. The van der Waals surface area contributed by atoms with Crippen molar-refractivity contribution in [3.8, 4) is 0 Å². The zero-order chi connectivity index (χ0) is 17.8. The van der Waals surface area contributed by atoms with Crippen molar-refractivity contribution in [2.24, 2.45) is 5.41 Å². The summed E-state index contributed by atoms with van der Waals surface area (Å²) in [5.74, 6) is 0.0581. The summed E-state index contributed by atoms with van der Waals surface area (Å²) in [5, 5.41) is 0. The Bertz CT molecular complexity index is 709. The molecule has 138 valence electrons. The molecule has 6 nitrogen and oxygen atoms in total. The van der Waals surface area contributed by atoms with E-state index in [0.717, 1.165) is 44.7 Å². The fourth-order valence-electron chi connectivity index (χ4n) is 3.88. The second-order valence-electron chi connectivity index (χ2n) is 7.28. The number of carbonyl (C=O) groups is 1. The summed E-state index contributed by atoms with van der Waals surface area (Å²) in [7, 11) is 0. The van der Waals surface area contributed by atoms with Crippen LogP contribution in [0.25, 0.3) is 0 Å². The summed E-state index contributed by atoms with van der Waals surface area (Å²) in [5.41, 5.74) is 1.75. The van der Waals surface area contributed by atoms with Gasteiger partial charge in [-0.15, -0.1) is 0 Å². The lowest BCUT2D eigenvalue weighted by Crippen LogP contribution is -2.43. The minimum absolute atomic E-state index is 0.0581. The van der Waals surface area contributed by atoms with E-state index in [9.17, 15) is 4.79 Å². The molecule has 0 bridgehead atoms. The molecule has 6 heteroatoms. The molecule has 0 radical (unpaired) electrons. The fraction of sp³-hybridized carbons (Fsp3) is 0.500. The fourth-order valence-corrected chi connectivity index (χ4v) is 3.88. The van der Waals surface area contributed by atoms with Gasteiger partial charge in [-0.05, 0) is 42.9 Å². The third kappa shape index (κ3) is 3.81. The third-order valence-electron chi connectivity index (χ3n) is 5.45. The first-order valence-corrected chi connectivity index (χ1v) is 9.15. The van der Waals surface area contributed by atoms with Crippen LogP contribution in [0.1, 0.15) is 35.3 Å². The van der Waals surface area contributed by atoms with Gasteiger partial charge in [-0.25, -0.2) is 0 Å². The molecule has 2 aromatic rings. The first-order valence-electron chi connectivity index (χ1n) is 9.15. The molecule has 1 amide bonds. The van der Waals surface area contributed by atoms with Crippen LogP contribution in [0.4, 0.5) is 0 Å². The molecule has 4 rings (SSSR count). The van der Waals surface area contributed by atoms with E-state index in [1.165, 1.54) is 6.26 Å². The molecular weight excluding hydrogens is 332 g/mol. The number of carbonyl (C=O) groups excluding carboxylic acids is 1. The van der Waals surface area contributed by atoms with E-state index in [1.54, 1.807) is 18.5 Å². The van der Waals surface area contributed by atoms with Crippen LogP contribution >= 0.6 is 0 Å². The molecule has 2 aliphatic heterocycles. The Labute approximate surface area is 153 Å². The van der Waals surface area contributed by atoms with Crippen LogP contribution in [0.5, 0.6) is 0 Å². The highest BCUT2D eigenvalue weighted by molar-refractivity contribution is 5.93. The van der Waals surface area contributed by atoms with E-state index in [4.69, 9.17) is 13.9 Å². The minimum atomic E-state index is 0.0581. The van der Waals surface area contributed by atoms with Crippen molar-refractivity contribution in [2.45, 2.75) is 32.0 Å². The van der Waals surface area contributed by atoms with Gasteiger partial charge < -0.3 is 18.8 Å². The maximum absolute atomic E-state index is 12.4. The number of amides is 1. The van der Waals surface area contributed by atoms with Crippen molar-refractivity contribution in [3.05, 3.63) is 54.2 Å². The average Bonchev–Trinajstić information content (AvgIpc) is 3.34. The molecule has 1 spiro atoms. The van der Waals surface area contributed by atoms with Crippen LogP contribution in [0, 0.1) is 5.41 Å². The number of hydrogen-bond donors (Lipinski definition) is 0. The monoisotopic (exact) mass is 356 g/mol. The summed E-state index contributed by atoms with van der Waals surface area (Å²) in [6, 6.07) is 7.55. The number of hydrogen-bond acceptors (Lipinski definition) is 5. The minimum Gasteiger partial charge on any atom is -0.472 e. The Morgan fingerprint density at radius 1 is 1.31 bits per heavy atom. The van der Waals surface area contributed by atoms with Gasteiger partial charge in [0.25, 0.3) is 5.91 Å². The summed E-state index contributed by atoms with van der Waals surface area (Å²) < 4.78 is 16.8. The molecular formula is C20H24N2O4.